The van der Waals surface area contributed by atoms with Crippen molar-refractivity contribution in [3.63, 3.8) is 0 Å². The lowest BCUT2D eigenvalue weighted by atomic mass is 10.1. The van der Waals surface area contributed by atoms with Crippen LogP contribution in [0.25, 0.3) is 0 Å². The number of aromatic amines is 1. The maximum atomic E-state index is 12.0. The van der Waals surface area contributed by atoms with E-state index >= 15 is 0 Å². The fourth-order valence-corrected chi connectivity index (χ4v) is 3.99. The van der Waals surface area contributed by atoms with Crippen LogP contribution in [0.1, 0.15) is 6.23 Å². The minimum Gasteiger partial charge on any atom is -0.374 e. The molecule has 26 heavy (non-hydrogen) atoms. The molecule has 1 saturated heterocycles. The van der Waals surface area contributed by atoms with Gasteiger partial charge in [0.2, 0.25) is 0 Å². The Hall–Kier alpha value is -0.750. The smallest absolute Gasteiger partial charge is 0.374 e. The summed E-state index contributed by atoms with van der Waals surface area (Å²) in [6.45, 7) is -2.48. The van der Waals surface area contributed by atoms with E-state index in [4.69, 9.17) is 23.8 Å². The molecule has 1 aliphatic heterocycles. The van der Waals surface area contributed by atoms with E-state index < -0.39 is 50.1 Å². The fraction of sp³-hybridized carbons (Fsp3) is 0.636. The van der Waals surface area contributed by atoms with Gasteiger partial charge in [0.1, 0.15) is 18.3 Å². The van der Waals surface area contributed by atoms with Crippen LogP contribution in [0.2, 0.25) is 0 Å². The van der Waals surface area contributed by atoms with Crippen molar-refractivity contribution in [2.45, 2.75) is 24.5 Å². The van der Waals surface area contributed by atoms with Gasteiger partial charge in [-0.3, -0.25) is 18.9 Å². The molecule has 0 bridgehead atoms. The molecule has 4 N–H and O–H groups in total. The Balaban J connectivity index is 2.37. The molecule has 0 radical (unpaired) electrons. The highest BCUT2D eigenvalue weighted by molar-refractivity contribution is 8.46. The predicted molar refractivity (Wildman–Crippen MR) is 93.5 cm³/mol. The first-order valence-corrected chi connectivity index (χ1v) is 12.0. The van der Waals surface area contributed by atoms with E-state index in [1.807, 2.05) is 5.09 Å². The summed E-state index contributed by atoms with van der Waals surface area (Å²) in [7, 11) is -3.26. The summed E-state index contributed by atoms with van der Waals surface area (Å²) >= 11 is 3.86. The first kappa shape index (κ1) is 21.5. The molecule has 15 heteroatoms. The Kier molecular flexibility index (Phi) is 6.71. The topological polar surface area (TPSA) is 169 Å². The van der Waals surface area contributed by atoms with Gasteiger partial charge in [0.25, 0.3) is 12.1 Å². The SMILES string of the molecule is CO[C@H]1[C@@H](OP(C)(=O)S)[C@@H](CNP(=O)(O)O)O[C@H]1n1ccc(=O)[nH]c1=O. The van der Waals surface area contributed by atoms with Crippen LogP contribution in [0.5, 0.6) is 0 Å². The highest BCUT2D eigenvalue weighted by Gasteiger charge is 2.49. The van der Waals surface area contributed by atoms with Gasteiger partial charge in [-0.25, -0.2) is 14.4 Å². The minimum atomic E-state index is -4.56. The number of H-pyrrole nitrogens is 1. The molecule has 2 rings (SSSR count). The summed E-state index contributed by atoms with van der Waals surface area (Å²) in [6, 6.07) is 1.10. The third kappa shape index (κ3) is 5.62. The zero-order chi connectivity index (χ0) is 19.7. The van der Waals surface area contributed by atoms with Crippen molar-refractivity contribution in [2.24, 2.45) is 0 Å². The normalized spacial score (nSPS) is 28.8. The van der Waals surface area contributed by atoms with Crippen molar-refractivity contribution < 1.29 is 32.9 Å². The van der Waals surface area contributed by atoms with Crippen LogP contribution in [-0.2, 0) is 23.1 Å². The standard InChI is InChI=1S/C11H19N3O9P2S/c1-21-9-8(23-24(2,17)26)6(5-12-25(18,19)20)22-10(9)14-4-3-7(15)13-11(14)16/h3-4,6,8-10H,5H2,1-2H3,(H,17,26)(H,13,15,16)(H3,12,18,19,20)/t6-,8+,9+,10-,24?/m1/s1. The van der Waals surface area contributed by atoms with E-state index in [0.717, 1.165) is 10.6 Å². The van der Waals surface area contributed by atoms with Crippen molar-refractivity contribution in [1.82, 2.24) is 14.6 Å². The summed E-state index contributed by atoms with van der Waals surface area (Å²) in [5, 5.41) is 1.97. The van der Waals surface area contributed by atoms with Crippen molar-refractivity contribution in [3.8, 4) is 0 Å². The molecule has 148 valence electrons. The summed E-state index contributed by atoms with van der Waals surface area (Å²) in [6.07, 6.45) is -2.98. The number of rotatable bonds is 7. The molecule has 0 spiro atoms. The van der Waals surface area contributed by atoms with Crippen LogP contribution >= 0.6 is 26.6 Å². The largest absolute Gasteiger partial charge is 0.400 e. The Bertz CT molecular complexity index is 846. The molecule has 2 heterocycles. The Morgan fingerprint density at radius 2 is 2.04 bits per heavy atom. The molecule has 5 atom stereocenters. The number of hydrogen-bond donors (Lipinski definition) is 5. The fourth-order valence-electron chi connectivity index (χ4n) is 2.54. The van der Waals surface area contributed by atoms with Gasteiger partial charge in [-0.05, 0) is 0 Å². The zero-order valence-corrected chi connectivity index (χ0v) is 16.4. The van der Waals surface area contributed by atoms with E-state index in [-0.39, 0.29) is 6.54 Å². The molecule has 1 fully saturated rings. The molecular formula is C11H19N3O9P2S. The number of nitrogens with zero attached hydrogens (tertiary/aromatic N) is 1. The molecular weight excluding hydrogens is 412 g/mol. The van der Waals surface area contributed by atoms with Crippen LogP contribution in [-0.4, -0.2) is 58.0 Å². The van der Waals surface area contributed by atoms with E-state index in [1.54, 1.807) is 0 Å². The van der Waals surface area contributed by atoms with Crippen molar-refractivity contribution in [1.29, 1.82) is 0 Å². The van der Waals surface area contributed by atoms with Crippen molar-refractivity contribution in [3.05, 3.63) is 33.1 Å². The Labute approximate surface area is 152 Å². The second-order valence-electron chi connectivity index (χ2n) is 5.56. The van der Waals surface area contributed by atoms with Crippen molar-refractivity contribution >= 4 is 26.6 Å². The van der Waals surface area contributed by atoms with Gasteiger partial charge in [0.05, 0.1) is 0 Å². The molecule has 1 aliphatic rings. The highest BCUT2D eigenvalue weighted by Crippen LogP contribution is 2.52. The number of thiol groups is 1. The van der Waals surface area contributed by atoms with E-state index in [1.165, 1.54) is 20.0 Å². The number of hydrogen-bond acceptors (Lipinski definition) is 7. The lowest BCUT2D eigenvalue weighted by molar-refractivity contribution is -0.0524. The van der Waals surface area contributed by atoms with E-state index in [9.17, 15) is 18.7 Å². The number of methoxy groups -OCH3 is 1. The summed E-state index contributed by atoms with van der Waals surface area (Å²) in [4.78, 5) is 43.3. The van der Waals surface area contributed by atoms with Gasteiger partial charge in [0.15, 0.2) is 6.23 Å². The molecule has 0 saturated carbocycles. The average Bonchev–Trinajstić information content (AvgIpc) is 2.80. The lowest BCUT2D eigenvalue weighted by Crippen LogP contribution is -2.40. The van der Waals surface area contributed by atoms with Crippen LogP contribution in [0.15, 0.2) is 21.9 Å². The Morgan fingerprint density at radius 1 is 1.38 bits per heavy atom. The molecule has 1 unspecified atom stereocenters. The predicted octanol–water partition coefficient (Wildman–Crippen LogP) is -0.731. The van der Waals surface area contributed by atoms with Crippen LogP contribution in [0.4, 0.5) is 0 Å². The molecule has 12 nitrogen and oxygen atoms in total. The highest BCUT2D eigenvalue weighted by atomic mass is 32.7. The first-order valence-electron chi connectivity index (χ1n) is 7.20. The van der Waals surface area contributed by atoms with Crippen LogP contribution < -0.4 is 16.3 Å². The lowest BCUT2D eigenvalue weighted by Gasteiger charge is -2.25. The summed E-state index contributed by atoms with van der Waals surface area (Å²) in [5.74, 6) is 0. The van der Waals surface area contributed by atoms with E-state index in [0.29, 0.717) is 0 Å². The third-order valence-corrected chi connectivity index (χ3v) is 5.01. The minimum absolute atomic E-state index is 0.378. The third-order valence-electron chi connectivity index (χ3n) is 3.50. The van der Waals surface area contributed by atoms with Gasteiger partial charge in [-0.15, -0.1) is 0 Å². The van der Waals surface area contributed by atoms with Crippen LogP contribution in [0.3, 0.4) is 0 Å². The summed E-state index contributed by atoms with van der Waals surface area (Å²) < 4.78 is 40.4. The first-order chi connectivity index (χ1) is 11.9. The van der Waals surface area contributed by atoms with Gasteiger partial charge >= 0.3 is 13.4 Å². The molecule has 0 aliphatic carbocycles. The molecule has 0 amide bonds. The maximum absolute atomic E-state index is 12.0. The quantitative estimate of drug-likeness (QED) is 0.274. The van der Waals surface area contributed by atoms with Gasteiger partial charge in [-0.2, -0.15) is 0 Å². The second kappa shape index (κ2) is 8.09. The summed E-state index contributed by atoms with van der Waals surface area (Å²) in [5.41, 5.74) is -1.39. The van der Waals surface area contributed by atoms with Gasteiger partial charge < -0.3 is 23.8 Å². The number of ether oxygens (including phenoxy) is 2. The number of aromatic nitrogens is 2. The van der Waals surface area contributed by atoms with E-state index in [2.05, 4.69) is 17.2 Å². The van der Waals surface area contributed by atoms with Crippen LogP contribution in [0, 0.1) is 0 Å². The molecule has 1 aromatic heterocycles. The Morgan fingerprint density at radius 3 is 2.54 bits per heavy atom. The average molecular weight is 431 g/mol. The zero-order valence-electron chi connectivity index (χ0n) is 13.7. The van der Waals surface area contributed by atoms with Gasteiger partial charge in [-0.1, -0.05) is 12.2 Å². The molecule has 1 aromatic rings. The monoisotopic (exact) mass is 431 g/mol. The molecule has 0 aromatic carbocycles. The van der Waals surface area contributed by atoms with Crippen molar-refractivity contribution in [2.75, 3.05) is 20.3 Å². The maximum Gasteiger partial charge on any atom is 0.400 e. The number of nitrogens with one attached hydrogen (secondary N) is 2. The van der Waals surface area contributed by atoms with Gasteiger partial charge in [0, 0.05) is 32.6 Å². The second-order valence-corrected chi connectivity index (χ2v) is 11.0.